The van der Waals surface area contributed by atoms with Crippen LogP contribution in [0.5, 0.6) is 23.0 Å². The molecule has 0 saturated heterocycles. The van der Waals surface area contributed by atoms with Crippen LogP contribution in [0.2, 0.25) is 0 Å². The first-order valence-electron chi connectivity index (χ1n) is 33.3. The van der Waals surface area contributed by atoms with Gasteiger partial charge in [0.1, 0.15) is 23.0 Å². The summed E-state index contributed by atoms with van der Waals surface area (Å²) in [5, 5.41) is 2.97. The molecule has 12 aromatic carbocycles. The van der Waals surface area contributed by atoms with E-state index in [1.807, 2.05) is 85.0 Å². The van der Waals surface area contributed by atoms with Crippen LogP contribution in [-0.2, 0) is 9.13 Å². The zero-order valence-electron chi connectivity index (χ0n) is 53.5. The van der Waals surface area contributed by atoms with Crippen LogP contribution < -0.4 is 40.5 Å². The lowest BCUT2D eigenvalue weighted by Gasteiger charge is -2.33. The largest absolute Gasteiger partial charge is 0.456 e. The van der Waals surface area contributed by atoms with Crippen molar-refractivity contribution in [3.63, 3.8) is 0 Å². The number of pyridine rings is 1. The normalized spacial score (nSPS) is 17.7. The van der Waals surface area contributed by atoms with Gasteiger partial charge in [0.2, 0.25) is 0 Å². The van der Waals surface area contributed by atoms with Gasteiger partial charge in [0, 0.05) is 61.9 Å². The Labute approximate surface area is 571 Å². The molecule has 98 heavy (non-hydrogen) atoms. The summed E-state index contributed by atoms with van der Waals surface area (Å²) in [4.78, 5) is 10.9. The first kappa shape index (κ1) is 60.1. The van der Waals surface area contributed by atoms with Crippen molar-refractivity contribution in [2.45, 2.75) is 24.2 Å². The topological polar surface area (TPSA) is 72.0 Å². The van der Waals surface area contributed by atoms with Gasteiger partial charge in [-0.1, -0.05) is 231 Å². The Kier molecular flexibility index (Phi) is 15.7. The van der Waals surface area contributed by atoms with Gasteiger partial charge in [-0.15, -0.1) is 0 Å². The van der Waals surface area contributed by atoms with Gasteiger partial charge in [0.15, 0.2) is 14.3 Å². The average molecular weight is 1300 g/mol. The minimum atomic E-state index is -3.20. The molecule has 7 nitrogen and oxygen atoms in total. The third-order valence-electron chi connectivity index (χ3n) is 19.3. The van der Waals surface area contributed by atoms with E-state index in [0.717, 1.165) is 122 Å². The minimum Gasteiger partial charge on any atom is -0.456 e. The van der Waals surface area contributed by atoms with Crippen LogP contribution in [0.25, 0.3) is 67.0 Å². The van der Waals surface area contributed by atoms with Crippen molar-refractivity contribution in [2.24, 2.45) is 0 Å². The number of hydrogen-bond acceptors (Lipinski definition) is 7. The fourth-order valence-electron chi connectivity index (χ4n) is 14.6. The Balaban J connectivity index is 0.901. The van der Waals surface area contributed by atoms with E-state index in [2.05, 4.69) is 283 Å². The highest BCUT2D eigenvalue weighted by Gasteiger charge is 2.44. The third kappa shape index (κ3) is 10.7. The highest BCUT2D eigenvalue weighted by atomic mass is 31.2. The number of para-hydroxylation sites is 8. The van der Waals surface area contributed by atoms with E-state index >= 15 is 9.13 Å². The van der Waals surface area contributed by atoms with Gasteiger partial charge in [-0.25, -0.2) is 4.98 Å². The van der Waals surface area contributed by atoms with Crippen molar-refractivity contribution in [3.8, 4) is 90.0 Å². The number of ether oxygens (including phenoxy) is 2. The molecule has 17 rings (SSSR count). The van der Waals surface area contributed by atoms with Gasteiger partial charge in [-0.3, -0.25) is 0 Å². The maximum atomic E-state index is 15.9. The molecule has 0 spiro atoms. The summed E-state index contributed by atoms with van der Waals surface area (Å²) >= 11 is 0. The molecule has 0 bridgehead atoms. The number of fused-ring (bicyclic) bond motifs is 4. The van der Waals surface area contributed by atoms with E-state index in [1.165, 1.54) is 0 Å². The zero-order valence-corrected chi connectivity index (χ0v) is 55.3. The van der Waals surface area contributed by atoms with Crippen LogP contribution in [-0.4, -0.2) is 16.3 Å². The molecule has 0 amide bonds. The number of aromatic nitrogens is 1. The van der Waals surface area contributed by atoms with Crippen molar-refractivity contribution in [3.05, 3.63) is 358 Å². The quantitative estimate of drug-likeness (QED) is 0.100. The Morgan fingerprint density at radius 2 is 0.684 bits per heavy atom. The van der Waals surface area contributed by atoms with E-state index in [9.17, 15) is 0 Å². The lowest BCUT2D eigenvalue weighted by Crippen LogP contribution is -2.30. The van der Waals surface area contributed by atoms with Gasteiger partial charge in [0.25, 0.3) is 0 Å². The molecule has 13 aromatic rings. The highest BCUT2D eigenvalue weighted by molar-refractivity contribution is 7.80. The number of allylic oxidation sites excluding steroid dienone is 8. The van der Waals surface area contributed by atoms with Crippen molar-refractivity contribution in [1.29, 1.82) is 0 Å². The van der Waals surface area contributed by atoms with Crippen molar-refractivity contribution < 1.29 is 18.6 Å². The summed E-state index contributed by atoms with van der Waals surface area (Å²) in [6.45, 7) is 0. The molecule has 9 heteroatoms. The number of hydrogen-bond donors (Lipinski definition) is 0. The standard InChI is InChI=1S/C89H65N3O4P2/c93-97(72-41-15-5-16-42-72)84-51-25-23-49-80(84)95-82-59-64(53-55-86(82)97)62-29-27-31-66(57-62)76-61-77(74-45-19-21-47-78(74)91(68-33-7-1-8-34-68)69-35-9-2-10-36-69)88(90-89(76)75-46-20-22-48-79(75)92(70-37-11-3-12-38-70)71-39-13-4-14-40-71)67-32-28-30-63(58-67)65-54-56-87-83(60-65)96-81-50-24-26-52-85(81)98(87,94)73-43-17-6-18-44-73/h1-41,43,45-61,72-73H,42,44H2. The number of anilines is 6. The van der Waals surface area contributed by atoms with E-state index in [-0.39, 0.29) is 11.3 Å². The summed E-state index contributed by atoms with van der Waals surface area (Å²) in [6, 6.07) is 107. The smallest absolute Gasteiger partial charge is 0.157 e. The molecule has 4 aliphatic rings. The Bertz CT molecular complexity index is 5040. The van der Waals surface area contributed by atoms with Crippen molar-refractivity contribution >= 4 is 69.6 Å². The molecule has 1 aromatic heterocycles. The van der Waals surface area contributed by atoms with E-state index in [0.29, 0.717) is 35.8 Å². The summed E-state index contributed by atoms with van der Waals surface area (Å²) in [5.41, 5.74) is 16.3. The molecule has 0 N–H and O–H groups in total. The first-order chi connectivity index (χ1) is 48.4. The molecule has 0 fully saturated rings. The highest BCUT2D eigenvalue weighted by Crippen LogP contribution is 2.60. The fourth-order valence-corrected chi connectivity index (χ4v) is 21.1. The maximum absolute atomic E-state index is 15.9. The van der Waals surface area contributed by atoms with Gasteiger partial charge in [0.05, 0.1) is 44.0 Å². The molecular weight excluding hydrogens is 1240 g/mol. The summed E-state index contributed by atoms with van der Waals surface area (Å²) < 4.78 is 45.4. The minimum absolute atomic E-state index is 0.197. The van der Waals surface area contributed by atoms with Gasteiger partial charge in [-0.05, 0) is 168 Å². The summed E-state index contributed by atoms with van der Waals surface area (Å²) in [6.07, 6.45) is 17.9. The van der Waals surface area contributed by atoms with Gasteiger partial charge >= 0.3 is 0 Å². The van der Waals surface area contributed by atoms with Crippen molar-refractivity contribution in [1.82, 2.24) is 4.98 Å². The molecule has 470 valence electrons. The van der Waals surface area contributed by atoms with Crippen LogP contribution in [0, 0.1) is 0 Å². The predicted molar refractivity (Wildman–Crippen MR) is 406 cm³/mol. The lowest BCUT2D eigenvalue weighted by atomic mass is 9.89. The first-order valence-corrected chi connectivity index (χ1v) is 36.9. The van der Waals surface area contributed by atoms with Crippen LogP contribution in [0.15, 0.2) is 358 Å². The molecule has 4 unspecified atom stereocenters. The number of rotatable bonds is 14. The average Bonchev–Trinajstić information content (AvgIpc) is 0.739. The predicted octanol–water partition coefficient (Wildman–Crippen LogP) is 22.6. The molecule has 2 aliphatic carbocycles. The molecule has 2 aliphatic heterocycles. The van der Waals surface area contributed by atoms with Crippen molar-refractivity contribution in [2.75, 3.05) is 9.80 Å². The molecule has 0 saturated carbocycles. The second-order valence-electron chi connectivity index (χ2n) is 25.0. The second kappa shape index (κ2) is 25.5. The lowest BCUT2D eigenvalue weighted by molar-refractivity contribution is 0.484. The second-order valence-corrected chi connectivity index (χ2v) is 30.9. The van der Waals surface area contributed by atoms with Crippen LogP contribution in [0.4, 0.5) is 34.1 Å². The fraction of sp³-hybridized carbons (Fsp3) is 0.0449. The third-order valence-corrected chi connectivity index (χ3v) is 26.2. The van der Waals surface area contributed by atoms with Crippen LogP contribution in [0.1, 0.15) is 12.8 Å². The summed E-state index contributed by atoms with van der Waals surface area (Å²) in [7, 11) is -6.40. The number of benzene rings is 12. The SMILES string of the molecule is O=P1(C2C=CC=CC2)c2ccccc2Oc2cc(-c3cccc(-c4cc(-c5ccccc5N(c5ccccc5)c5ccccc5)c(-c5cccc(-c6ccc7c(c6)Oc6ccccc6P7(=O)C6C=CC=CC6)c5)nc4-c4ccccc4N(c4ccccc4)c4ccccc4)c3)ccc21. The van der Waals surface area contributed by atoms with Gasteiger partial charge < -0.3 is 28.4 Å². The van der Waals surface area contributed by atoms with Crippen LogP contribution >= 0.6 is 14.3 Å². The van der Waals surface area contributed by atoms with E-state index in [1.54, 1.807) is 0 Å². The molecular formula is C89H65N3O4P2. The Morgan fingerprint density at radius 3 is 1.16 bits per heavy atom. The van der Waals surface area contributed by atoms with E-state index < -0.39 is 14.3 Å². The molecule has 0 radical (unpaired) electrons. The zero-order chi connectivity index (χ0) is 65.6. The maximum Gasteiger partial charge on any atom is 0.157 e. The Hall–Kier alpha value is -11.6. The monoisotopic (exact) mass is 1300 g/mol. The van der Waals surface area contributed by atoms with E-state index in [4.69, 9.17) is 14.5 Å². The number of nitrogens with zero attached hydrogens (tertiary/aromatic N) is 3. The summed E-state index contributed by atoms with van der Waals surface area (Å²) in [5.74, 6) is 2.46. The Morgan fingerprint density at radius 1 is 0.296 bits per heavy atom. The van der Waals surface area contributed by atoms with Crippen LogP contribution in [0.3, 0.4) is 0 Å². The molecule has 3 heterocycles. The van der Waals surface area contributed by atoms with Gasteiger partial charge in [-0.2, -0.15) is 0 Å². The molecule has 4 atom stereocenters.